The van der Waals surface area contributed by atoms with Gasteiger partial charge in [-0.15, -0.1) is 0 Å². The maximum Gasteiger partial charge on any atom is 0.186 e. The molecular formula is C16H17NO. The van der Waals surface area contributed by atoms with Gasteiger partial charge in [-0.1, -0.05) is 37.6 Å². The third kappa shape index (κ3) is 2.48. The van der Waals surface area contributed by atoms with Gasteiger partial charge in [-0.05, 0) is 30.4 Å². The monoisotopic (exact) mass is 239 g/mol. The van der Waals surface area contributed by atoms with Crippen LogP contribution in [0.2, 0.25) is 0 Å². The van der Waals surface area contributed by atoms with E-state index in [1.165, 1.54) is 5.57 Å². The van der Waals surface area contributed by atoms with Crippen LogP contribution in [0.4, 0.5) is 0 Å². The van der Waals surface area contributed by atoms with Crippen LogP contribution in [-0.4, -0.2) is 10.8 Å². The largest absolute Gasteiger partial charge is 0.289 e. The van der Waals surface area contributed by atoms with Gasteiger partial charge in [0.1, 0.15) is 0 Å². The SMILES string of the molecule is CCC(=CC(=O)c1cccc2cnccc12)CC. The number of benzene rings is 1. The summed E-state index contributed by atoms with van der Waals surface area (Å²) in [4.78, 5) is 16.4. The molecule has 92 valence electrons. The van der Waals surface area contributed by atoms with Crippen molar-refractivity contribution < 1.29 is 4.79 Å². The van der Waals surface area contributed by atoms with Crippen molar-refractivity contribution in [3.05, 3.63) is 53.9 Å². The van der Waals surface area contributed by atoms with Crippen molar-refractivity contribution in [1.82, 2.24) is 4.98 Å². The molecule has 1 heterocycles. The predicted molar refractivity (Wildman–Crippen MR) is 74.7 cm³/mol. The van der Waals surface area contributed by atoms with Gasteiger partial charge in [0, 0.05) is 23.3 Å². The molecule has 0 amide bonds. The Kier molecular flexibility index (Phi) is 3.88. The summed E-state index contributed by atoms with van der Waals surface area (Å²) < 4.78 is 0. The number of nitrogens with zero attached hydrogens (tertiary/aromatic N) is 1. The standard InChI is InChI=1S/C16H17NO/c1-3-12(4-2)10-16(18)15-7-5-6-13-11-17-9-8-14(13)15/h5-11H,3-4H2,1-2H3. The first-order valence-corrected chi connectivity index (χ1v) is 6.32. The Balaban J connectivity index is 2.48. The maximum atomic E-state index is 12.3. The Labute approximate surface area is 107 Å². The van der Waals surface area contributed by atoms with Crippen molar-refractivity contribution in [3.63, 3.8) is 0 Å². The van der Waals surface area contributed by atoms with Crippen LogP contribution in [-0.2, 0) is 0 Å². The summed E-state index contributed by atoms with van der Waals surface area (Å²) in [5, 5.41) is 1.98. The first-order chi connectivity index (χ1) is 8.76. The molecule has 0 N–H and O–H groups in total. The van der Waals surface area contributed by atoms with Gasteiger partial charge >= 0.3 is 0 Å². The van der Waals surface area contributed by atoms with Crippen LogP contribution in [0.3, 0.4) is 0 Å². The smallest absolute Gasteiger partial charge is 0.186 e. The van der Waals surface area contributed by atoms with E-state index in [1.807, 2.05) is 24.3 Å². The third-order valence-corrected chi connectivity index (χ3v) is 3.19. The van der Waals surface area contributed by atoms with Gasteiger partial charge in [-0.25, -0.2) is 0 Å². The summed E-state index contributed by atoms with van der Waals surface area (Å²) in [6.45, 7) is 4.16. The summed E-state index contributed by atoms with van der Waals surface area (Å²) in [6, 6.07) is 7.66. The molecule has 1 aromatic heterocycles. The highest BCUT2D eigenvalue weighted by molar-refractivity contribution is 6.13. The zero-order valence-electron chi connectivity index (χ0n) is 10.8. The molecule has 18 heavy (non-hydrogen) atoms. The van der Waals surface area contributed by atoms with Crippen molar-refractivity contribution in [2.45, 2.75) is 26.7 Å². The Morgan fingerprint density at radius 2 is 2.00 bits per heavy atom. The molecule has 0 saturated heterocycles. The first kappa shape index (κ1) is 12.5. The minimum atomic E-state index is 0.0884. The van der Waals surface area contributed by atoms with Crippen molar-refractivity contribution in [2.75, 3.05) is 0 Å². The average Bonchev–Trinajstić information content (AvgIpc) is 2.43. The van der Waals surface area contributed by atoms with Gasteiger partial charge in [-0.3, -0.25) is 9.78 Å². The lowest BCUT2D eigenvalue weighted by Crippen LogP contribution is -1.98. The van der Waals surface area contributed by atoms with Crippen LogP contribution in [0.25, 0.3) is 10.8 Å². The number of carbonyl (C=O) groups is 1. The Morgan fingerprint density at radius 3 is 2.72 bits per heavy atom. The first-order valence-electron chi connectivity index (χ1n) is 6.32. The molecular weight excluding hydrogens is 222 g/mol. The number of hydrogen-bond donors (Lipinski definition) is 0. The Bertz CT molecular complexity index is 588. The van der Waals surface area contributed by atoms with Gasteiger partial charge in [-0.2, -0.15) is 0 Å². The molecule has 0 unspecified atom stereocenters. The summed E-state index contributed by atoms with van der Waals surface area (Å²) in [5.41, 5.74) is 1.94. The van der Waals surface area contributed by atoms with Crippen LogP contribution in [0.15, 0.2) is 48.3 Å². The van der Waals surface area contributed by atoms with Gasteiger partial charge in [0.05, 0.1) is 0 Å². The van der Waals surface area contributed by atoms with Crippen molar-refractivity contribution in [2.24, 2.45) is 0 Å². The Morgan fingerprint density at radius 1 is 1.22 bits per heavy atom. The highest BCUT2D eigenvalue weighted by Gasteiger charge is 2.07. The fraction of sp³-hybridized carbons (Fsp3) is 0.250. The zero-order valence-corrected chi connectivity index (χ0v) is 10.8. The molecule has 0 radical (unpaired) electrons. The third-order valence-electron chi connectivity index (χ3n) is 3.19. The molecule has 0 saturated carbocycles. The van der Waals surface area contributed by atoms with Crippen molar-refractivity contribution in [1.29, 1.82) is 0 Å². The number of ketones is 1. The molecule has 2 heteroatoms. The zero-order chi connectivity index (χ0) is 13.0. The van der Waals surface area contributed by atoms with E-state index in [0.717, 1.165) is 29.2 Å². The lowest BCUT2D eigenvalue weighted by molar-refractivity contribution is 0.104. The fourth-order valence-corrected chi connectivity index (χ4v) is 2.05. The number of rotatable bonds is 4. The van der Waals surface area contributed by atoms with Crippen LogP contribution < -0.4 is 0 Å². The van der Waals surface area contributed by atoms with E-state index in [1.54, 1.807) is 18.5 Å². The van der Waals surface area contributed by atoms with Gasteiger partial charge < -0.3 is 0 Å². The highest BCUT2D eigenvalue weighted by atomic mass is 16.1. The predicted octanol–water partition coefficient (Wildman–Crippen LogP) is 4.16. The van der Waals surface area contributed by atoms with Crippen LogP contribution >= 0.6 is 0 Å². The molecule has 2 aromatic rings. The van der Waals surface area contributed by atoms with E-state index in [2.05, 4.69) is 18.8 Å². The number of aromatic nitrogens is 1. The maximum absolute atomic E-state index is 12.3. The molecule has 0 bridgehead atoms. The number of hydrogen-bond acceptors (Lipinski definition) is 2. The van der Waals surface area contributed by atoms with Gasteiger partial charge in [0.15, 0.2) is 5.78 Å². The molecule has 0 aliphatic heterocycles. The van der Waals surface area contributed by atoms with E-state index in [4.69, 9.17) is 0 Å². The van der Waals surface area contributed by atoms with E-state index < -0.39 is 0 Å². The van der Waals surface area contributed by atoms with Gasteiger partial charge in [0.25, 0.3) is 0 Å². The van der Waals surface area contributed by atoms with Crippen molar-refractivity contribution >= 4 is 16.6 Å². The minimum Gasteiger partial charge on any atom is -0.289 e. The lowest BCUT2D eigenvalue weighted by Gasteiger charge is -2.04. The fourth-order valence-electron chi connectivity index (χ4n) is 2.05. The molecule has 0 aliphatic rings. The van der Waals surface area contributed by atoms with Crippen LogP contribution in [0.1, 0.15) is 37.0 Å². The molecule has 0 aliphatic carbocycles. The quantitative estimate of drug-likeness (QED) is 0.592. The summed E-state index contributed by atoms with van der Waals surface area (Å²) in [6.07, 6.45) is 7.14. The molecule has 0 fully saturated rings. The lowest BCUT2D eigenvalue weighted by atomic mass is 10.0. The van der Waals surface area contributed by atoms with Crippen molar-refractivity contribution in [3.8, 4) is 0 Å². The summed E-state index contributed by atoms with van der Waals surface area (Å²) in [7, 11) is 0. The molecule has 0 atom stereocenters. The van der Waals surface area contributed by atoms with E-state index >= 15 is 0 Å². The number of pyridine rings is 1. The number of fused-ring (bicyclic) bond motifs is 1. The van der Waals surface area contributed by atoms with Gasteiger partial charge in [0.2, 0.25) is 0 Å². The molecule has 2 rings (SSSR count). The number of carbonyl (C=O) groups excluding carboxylic acids is 1. The second-order valence-corrected chi connectivity index (χ2v) is 4.28. The van der Waals surface area contributed by atoms with Crippen LogP contribution in [0, 0.1) is 0 Å². The molecule has 0 spiro atoms. The Hall–Kier alpha value is -1.96. The molecule has 1 aromatic carbocycles. The second kappa shape index (κ2) is 5.58. The summed E-state index contributed by atoms with van der Waals surface area (Å²) in [5.74, 6) is 0.0884. The van der Waals surface area contributed by atoms with Crippen LogP contribution in [0.5, 0.6) is 0 Å². The van der Waals surface area contributed by atoms with E-state index in [0.29, 0.717) is 0 Å². The normalized spacial score (nSPS) is 10.3. The van der Waals surface area contributed by atoms with E-state index in [-0.39, 0.29) is 5.78 Å². The number of allylic oxidation sites excluding steroid dienone is 2. The highest BCUT2D eigenvalue weighted by Crippen LogP contribution is 2.19. The topological polar surface area (TPSA) is 30.0 Å². The second-order valence-electron chi connectivity index (χ2n) is 4.28. The average molecular weight is 239 g/mol. The van der Waals surface area contributed by atoms with E-state index in [9.17, 15) is 4.79 Å². The molecule has 2 nitrogen and oxygen atoms in total. The summed E-state index contributed by atoms with van der Waals surface area (Å²) >= 11 is 0. The minimum absolute atomic E-state index is 0.0884.